The molecule has 0 aromatic heterocycles. The summed E-state index contributed by atoms with van der Waals surface area (Å²) in [6, 6.07) is 8.87. The normalized spacial score (nSPS) is 20.2. The van der Waals surface area contributed by atoms with Crippen LogP contribution in [0.2, 0.25) is 0 Å². The molecule has 0 aliphatic carbocycles. The maximum atomic E-state index is 12.6. The van der Waals surface area contributed by atoms with E-state index >= 15 is 0 Å². The van der Waals surface area contributed by atoms with Crippen molar-refractivity contribution in [3.8, 4) is 0 Å². The van der Waals surface area contributed by atoms with Crippen LogP contribution in [-0.2, 0) is 16.6 Å². The summed E-state index contributed by atoms with van der Waals surface area (Å²) >= 11 is 0. The first kappa shape index (κ1) is 16.5. The molecule has 3 heteroatoms. The molecule has 0 radical (unpaired) electrons. The van der Waals surface area contributed by atoms with Gasteiger partial charge in [-0.15, -0.1) is 0 Å². The molecule has 1 saturated heterocycles. The van der Waals surface area contributed by atoms with Crippen molar-refractivity contribution in [3.63, 3.8) is 0 Å². The molecule has 1 fully saturated rings. The minimum atomic E-state index is -0.0821. The highest BCUT2D eigenvalue weighted by atomic mass is 16.6. The van der Waals surface area contributed by atoms with Crippen molar-refractivity contribution in [3.05, 3.63) is 40.6 Å². The Morgan fingerprint density at radius 3 is 2.24 bits per heavy atom. The van der Waals surface area contributed by atoms with Gasteiger partial charge < -0.3 is 14.6 Å². The largest absolute Gasteiger partial charge is 0.633 e. The lowest BCUT2D eigenvalue weighted by atomic mass is 9.86. The first-order chi connectivity index (χ1) is 9.78. The maximum Gasteiger partial charge on any atom is 0.102 e. The topological polar surface area (TPSA) is 32.3 Å². The zero-order valence-corrected chi connectivity index (χ0v) is 13.9. The monoisotopic (exact) mass is 291 g/mol. The van der Waals surface area contributed by atoms with E-state index < -0.39 is 0 Å². The minimum Gasteiger partial charge on any atom is -0.633 e. The summed E-state index contributed by atoms with van der Waals surface area (Å²) in [5.74, 6) is 0.404. The molecule has 1 aliphatic rings. The Balaban J connectivity index is 1.91. The van der Waals surface area contributed by atoms with E-state index in [2.05, 4.69) is 52.0 Å². The predicted octanol–water partition coefficient (Wildman–Crippen LogP) is 3.51. The first-order valence-electron chi connectivity index (χ1n) is 8.03. The number of quaternary nitrogens is 1. The molecule has 0 spiro atoms. The lowest BCUT2D eigenvalue weighted by Gasteiger charge is -2.46. The Kier molecular flexibility index (Phi) is 5.07. The van der Waals surface area contributed by atoms with E-state index in [-0.39, 0.29) is 10.1 Å². The molecule has 1 atom stereocenters. The molecule has 1 unspecified atom stereocenters. The summed E-state index contributed by atoms with van der Waals surface area (Å²) in [4.78, 5) is 0. The van der Waals surface area contributed by atoms with E-state index in [9.17, 15) is 5.21 Å². The molecule has 0 amide bonds. The summed E-state index contributed by atoms with van der Waals surface area (Å²) in [5, 5.41) is 12.6. The fourth-order valence-corrected chi connectivity index (χ4v) is 3.03. The highest BCUT2D eigenvalue weighted by Gasteiger charge is 2.24. The number of morpholine rings is 1. The average Bonchev–Trinajstić information content (AvgIpc) is 2.38. The zero-order chi connectivity index (χ0) is 15.5. The van der Waals surface area contributed by atoms with Crippen LogP contribution in [0, 0.1) is 11.1 Å². The Morgan fingerprint density at radius 1 is 1.14 bits per heavy atom. The molecule has 1 aromatic rings. The van der Waals surface area contributed by atoms with Crippen molar-refractivity contribution in [2.24, 2.45) is 5.92 Å². The molecule has 1 aromatic carbocycles. The van der Waals surface area contributed by atoms with Gasteiger partial charge in [-0.05, 0) is 23.0 Å². The summed E-state index contributed by atoms with van der Waals surface area (Å²) in [6.45, 7) is 12.0. The number of hydrogen-bond acceptors (Lipinski definition) is 2. The van der Waals surface area contributed by atoms with Crippen LogP contribution in [0.1, 0.15) is 38.8 Å². The molecule has 21 heavy (non-hydrogen) atoms. The van der Waals surface area contributed by atoms with Crippen LogP contribution >= 0.6 is 0 Å². The summed E-state index contributed by atoms with van der Waals surface area (Å²) in [7, 11) is 0. The van der Waals surface area contributed by atoms with Gasteiger partial charge in [-0.1, -0.05) is 52.0 Å². The predicted molar refractivity (Wildman–Crippen MR) is 87.1 cm³/mol. The Labute approximate surface area is 129 Å². The van der Waals surface area contributed by atoms with E-state index in [0.717, 1.165) is 6.42 Å². The van der Waals surface area contributed by atoms with Crippen LogP contribution in [0.5, 0.6) is 0 Å². The third kappa shape index (κ3) is 4.80. The molecule has 118 valence electrons. The van der Waals surface area contributed by atoms with Crippen molar-refractivity contribution in [1.29, 1.82) is 0 Å². The van der Waals surface area contributed by atoms with Gasteiger partial charge in [0, 0.05) is 5.92 Å². The van der Waals surface area contributed by atoms with Crippen LogP contribution in [0.15, 0.2) is 24.3 Å². The maximum absolute atomic E-state index is 12.6. The van der Waals surface area contributed by atoms with Crippen molar-refractivity contribution >= 4 is 0 Å². The molecule has 2 rings (SSSR count). The van der Waals surface area contributed by atoms with Crippen molar-refractivity contribution in [2.75, 3.05) is 32.8 Å². The van der Waals surface area contributed by atoms with Crippen LogP contribution in [-0.4, -0.2) is 37.5 Å². The number of benzene rings is 1. The van der Waals surface area contributed by atoms with E-state index in [1.54, 1.807) is 0 Å². The van der Waals surface area contributed by atoms with Gasteiger partial charge in [0.1, 0.15) is 13.1 Å². The quantitative estimate of drug-likeness (QED) is 0.628. The van der Waals surface area contributed by atoms with Crippen LogP contribution in [0.3, 0.4) is 0 Å². The van der Waals surface area contributed by atoms with Gasteiger partial charge in [0.2, 0.25) is 0 Å². The highest BCUT2D eigenvalue weighted by Crippen LogP contribution is 2.23. The molecule has 1 heterocycles. The van der Waals surface area contributed by atoms with E-state index in [1.165, 1.54) is 11.1 Å². The zero-order valence-electron chi connectivity index (χ0n) is 13.9. The fraction of sp³-hybridized carbons (Fsp3) is 0.667. The number of ether oxygens (including phenoxy) is 1. The number of nitrogens with zero attached hydrogens (tertiary/aromatic N) is 1. The van der Waals surface area contributed by atoms with Gasteiger partial charge in [0.25, 0.3) is 0 Å². The second-order valence-corrected chi connectivity index (χ2v) is 7.56. The minimum absolute atomic E-state index is 0.0821. The van der Waals surface area contributed by atoms with Gasteiger partial charge in [-0.2, -0.15) is 0 Å². The second-order valence-electron chi connectivity index (χ2n) is 7.56. The fourth-order valence-electron chi connectivity index (χ4n) is 3.03. The Morgan fingerprint density at radius 2 is 1.71 bits per heavy atom. The van der Waals surface area contributed by atoms with E-state index in [1.807, 2.05) is 0 Å². The van der Waals surface area contributed by atoms with Gasteiger partial charge in [-0.3, -0.25) is 0 Å². The van der Waals surface area contributed by atoms with Crippen molar-refractivity contribution in [1.82, 2.24) is 0 Å². The summed E-state index contributed by atoms with van der Waals surface area (Å²) in [6.07, 6.45) is 0.980. The second kappa shape index (κ2) is 6.47. The van der Waals surface area contributed by atoms with Crippen LogP contribution in [0.25, 0.3) is 0 Å². The average molecular weight is 291 g/mol. The number of hydrogen-bond donors (Lipinski definition) is 0. The standard InChI is InChI=1S/C18H29NO2/c1-15(14-19(20)9-11-21-12-10-19)13-16-5-7-17(8-6-16)18(2,3)4/h5-8,15H,9-14H2,1-4H3. The number of rotatable bonds is 4. The molecule has 0 N–H and O–H groups in total. The first-order valence-corrected chi connectivity index (χ1v) is 8.03. The molecular formula is C18H29NO2. The lowest BCUT2D eigenvalue weighted by Crippen LogP contribution is -2.52. The third-order valence-electron chi connectivity index (χ3n) is 4.33. The molecule has 0 saturated carbocycles. The SMILES string of the molecule is CC(Cc1ccc(C(C)(C)C)cc1)C[N+]1([O-])CCOCC1. The molecule has 3 nitrogen and oxygen atoms in total. The molecule has 0 bridgehead atoms. The van der Waals surface area contributed by atoms with E-state index in [0.29, 0.717) is 38.8 Å². The van der Waals surface area contributed by atoms with Gasteiger partial charge in [0.15, 0.2) is 0 Å². The van der Waals surface area contributed by atoms with Gasteiger partial charge >= 0.3 is 0 Å². The lowest BCUT2D eigenvalue weighted by molar-refractivity contribution is -0.891. The Hall–Kier alpha value is -0.900. The number of hydroxylamine groups is 3. The highest BCUT2D eigenvalue weighted by molar-refractivity contribution is 5.27. The van der Waals surface area contributed by atoms with E-state index in [4.69, 9.17) is 4.74 Å². The smallest absolute Gasteiger partial charge is 0.102 e. The summed E-state index contributed by atoms with van der Waals surface area (Å²) in [5.41, 5.74) is 2.89. The molecular weight excluding hydrogens is 262 g/mol. The molecule has 1 aliphatic heterocycles. The summed E-state index contributed by atoms with van der Waals surface area (Å²) < 4.78 is 5.21. The van der Waals surface area contributed by atoms with Crippen LogP contribution in [0.4, 0.5) is 0 Å². The third-order valence-corrected chi connectivity index (χ3v) is 4.33. The van der Waals surface area contributed by atoms with Gasteiger partial charge in [0.05, 0.1) is 19.8 Å². The van der Waals surface area contributed by atoms with Gasteiger partial charge in [-0.25, -0.2) is 0 Å². The Bertz CT molecular complexity index is 441. The van der Waals surface area contributed by atoms with Crippen molar-refractivity contribution in [2.45, 2.75) is 39.5 Å². The van der Waals surface area contributed by atoms with Crippen LogP contribution < -0.4 is 0 Å². The van der Waals surface area contributed by atoms with Crippen molar-refractivity contribution < 1.29 is 9.38 Å².